The minimum atomic E-state index is -3.15. The highest BCUT2D eigenvalue weighted by molar-refractivity contribution is 7.91. The monoisotopic (exact) mass is 439 g/mol. The fourth-order valence-electron chi connectivity index (χ4n) is 4.26. The van der Waals surface area contributed by atoms with Crippen molar-refractivity contribution in [1.29, 1.82) is 0 Å². The minimum absolute atomic E-state index is 0.0205. The number of esters is 1. The second-order valence-electron chi connectivity index (χ2n) is 8.01. The van der Waals surface area contributed by atoms with E-state index in [4.69, 9.17) is 4.74 Å². The van der Waals surface area contributed by atoms with Crippen LogP contribution in [0.1, 0.15) is 62.4 Å². The van der Waals surface area contributed by atoms with Gasteiger partial charge in [-0.15, -0.1) is 0 Å². The van der Waals surface area contributed by atoms with Gasteiger partial charge in [0.15, 0.2) is 22.1 Å². The van der Waals surface area contributed by atoms with Gasteiger partial charge in [-0.3, -0.25) is 9.59 Å². The second-order valence-corrected chi connectivity index (χ2v) is 10.2. The molecule has 1 saturated carbocycles. The number of amides is 1. The Balaban J connectivity index is 1.68. The number of ether oxygens (including phenoxy) is 1. The molecule has 0 aromatic carbocycles. The highest BCUT2D eigenvalue weighted by Gasteiger charge is 2.38. The first kappa shape index (κ1) is 22.5. The van der Waals surface area contributed by atoms with Crippen LogP contribution in [0.2, 0.25) is 0 Å². The van der Waals surface area contributed by atoms with E-state index in [0.717, 1.165) is 32.1 Å². The third kappa shape index (κ3) is 5.47. The summed E-state index contributed by atoms with van der Waals surface area (Å²) in [5.74, 6) is -1.11. The zero-order valence-electron chi connectivity index (χ0n) is 17.3. The van der Waals surface area contributed by atoms with Gasteiger partial charge in [-0.05, 0) is 31.7 Å². The van der Waals surface area contributed by atoms with E-state index in [9.17, 15) is 22.8 Å². The number of hydrogen-bond acceptors (Lipinski definition) is 7. The van der Waals surface area contributed by atoms with E-state index in [-0.39, 0.29) is 40.7 Å². The molecule has 3 rings (SSSR count). The van der Waals surface area contributed by atoms with E-state index in [1.807, 2.05) is 6.92 Å². The van der Waals surface area contributed by atoms with Crippen molar-refractivity contribution >= 4 is 21.7 Å². The lowest BCUT2D eigenvalue weighted by molar-refractivity contribution is -0.140. The lowest BCUT2D eigenvalue weighted by Gasteiger charge is -2.38. The van der Waals surface area contributed by atoms with E-state index >= 15 is 0 Å². The molecule has 1 aromatic rings. The van der Waals surface area contributed by atoms with Gasteiger partial charge in [-0.2, -0.15) is 5.10 Å². The van der Waals surface area contributed by atoms with Gasteiger partial charge in [-0.25, -0.2) is 17.9 Å². The maximum Gasteiger partial charge on any atom is 0.359 e. The summed E-state index contributed by atoms with van der Waals surface area (Å²) >= 11 is 0. The van der Waals surface area contributed by atoms with Crippen LogP contribution in [0.4, 0.5) is 0 Å². The van der Waals surface area contributed by atoms with Crippen LogP contribution >= 0.6 is 0 Å². The first-order chi connectivity index (χ1) is 14.3. The highest BCUT2D eigenvalue weighted by Crippen LogP contribution is 2.28. The summed E-state index contributed by atoms with van der Waals surface area (Å²) in [6.07, 6.45) is 5.87. The third-order valence-electron chi connectivity index (χ3n) is 5.70. The predicted octanol–water partition coefficient (Wildman–Crippen LogP) is 1.16. The van der Waals surface area contributed by atoms with Crippen molar-refractivity contribution in [3.8, 4) is 0 Å². The molecule has 1 aromatic heterocycles. The second kappa shape index (κ2) is 9.72. The number of nitrogens with zero attached hydrogens (tertiary/aromatic N) is 3. The van der Waals surface area contributed by atoms with Crippen molar-refractivity contribution in [1.82, 2.24) is 14.7 Å². The first-order valence-corrected chi connectivity index (χ1v) is 12.4. The van der Waals surface area contributed by atoms with Gasteiger partial charge in [0, 0.05) is 24.7 Å². The number of aryl methyl sites for hydroxylation is 1. The predicted molar refractivity (Wildman–Crippen MR) is 110 cm³/mol. The summed E-state index contributed by atoms with van der Waals surface area (Å²) in [7, 11) is -3.15. The van der Waals surface area contributed by atoms with Crippen LogP contribution in [0.15, 0.2) is 16.9 Å². The van der Waals surface area contributed by atoms with E-state index < -0.39 is 22.4 Å². The Morgan fingerprint density at radius 3 is 2.53 bits per heavy atom. The van der Waals surface area contributed by atoms with Crippen molar-refractivity contribution in [2.45, 2.75) is 70.5 Å². The summed E-state index contributed by atoms with van der Waals surface area (Å²) in [5.41, 5.74) is -0.348. The summed E-state index contributed by atoms with van der Waals surface area (Å²) in [6.45, 7) is 1.80. The Bertz CT molecular complexity index is 936. The number of aromatic nitrogens is 2. The maximum absolute atomic E-state index is 13.0. The van der Waals surface area contributed by atoms with Crippen molar-refractivity contribution in [3.63, 3.8) is 0 Å². The van der Waals surface area contributed by atoms with E-state index in [1.165, 1.54) is 16.8 Å². The van der Waals surface area contributed by atoms with Gasteiger partial charge in [0.05, 0.1) is 11.5 Å². The van der Waals surface area contributed by atoms with Crippen LogP contribution in [0.3, 0.4) is 0 Å². The molecule has 1 aliphatic carbocycles. The molecule has 1 saturated heterocycles. The first-order valence-electron chi connectivity index (χ1n) is 10.6. The molecular formula is C20H29N3O6S. The third-order valence-corrected chi connectivity index (χ3v) is 7.45. The standard InChI is InChI=1S/C20H29N3O6S/c1-2-11-22-18(24)9-8-17(21-22)20(26)29-13-19(25)23(15-6-4-3-5-7-15)16-10-12-30(27,28)14-16/h8-9,15-16H,2-7,10-14H2,1H3. The van der Waals surface area contributed by atoms with Crippen molar-refractivity contribution in [2.24, 2.45) is 0 Å². The molecule has 2 aliphatic rings. The Kier molecular flexibility index (Phi) is 7.27. The minimum Gasteiger partial charge on any atom is -0.451 e. The van der Waals surface area contributed by atoms with Crippen LogP contribution in [0.25, 0.3) is 0 Å². The Morgan fingerprint density at radius 2 is 1.90 bits per heavy atom. The van der Waals surface area contributed by atoms with Gasteiger partial charge in [0.2, 0.25) is 0 Å². The van der Waals surface area contributed by atoms with Crippen LogP contribution in [0.5, 0.6) is 0 Å². The number of hydrogen-bond donors (Lipinski definition) is 0. The summed E-state index contributed by atoms with van der Waals surface area (Å²) in [4.78, 5) is 38.8. The zero-order chi connectivity index (χ0) is 21.7. The normalized spacial score (nSPS) is 21.3. The average molecular weight is 440 g/mol. The van der Waals surface area contributed by atoms with Crippen LogP contribution in [-0.4, -0.2) is 65.2 Å². The summed E-state index contributed by atoms with van der Waals surface area (Å²) in [5, 5.41) is 4.00. The zero-order valence-corrected chi connectivity index (χ0v) is 18.1. The maximum atomic E-state index is 13.0. The van der Waals surface area contributed by atoms with E-state index in [0.29, 0.717) is 19.4 Å². The van der Waals surface area contributed by atoms with Crippen LogP contribution < -0.4 is 5.56 Å². The molecule has 1 aliphatic heterocycles. The van der Waals surface area contributed by atoms with Gasteiger partial charge in [0.25, 0.3) is 11.5 Å². The topological polar surface area (TPSA) is 116 Å². The van der Waals surface area contributed by atoms with Gasteiger partial charge >= 0.3 is 5.97 Å². The fourth-order valence-corrected chi connectivity index (χ4v) is 5.98. The molecule has 0 N–H and O–H groups in total. The SMILES string of the molecule is CCCn1nc(C(=O)OCC(=O)N(C2CCCCC2)C2CCS(=O)(=O)C2)ccc1=O. The molecule has 0 bridgehead atoms. The Hall–Kier alpha value is -2.23. The number of sulfone groups is 1. The van der Waals surface area contributed by atoms with E-state index in [2.05, 4.69) is 5.10 Å². The molecule has 30 heavy (non-hydrogen) atoms. The number of carbonyl (C=O) groups is 2. The van der Waals surface area contributed by atoms with Crippen molar-refractivity contribution in [2.75, 3.05) is 18.1 Å². The van der Waals surface area contributed by atoms with Gasteiger partial charge in [0.1, 0.15) is 0 Å². The quantitative estimate of drug-likeness (QED) is 0.585. The molecule has 0 radical (unpaired) electrons. The molecule has 1 atom stereocenters. The number of carbonyl (C=O) groups excluding carboxylic acids is 2. The molecule has 9 nitrogen and oxygen atoms in total. The molecule has 2 fully saturated rings. The van der Waals surface area contributed by atoms with E-state index in [1.54, 1.807) is 4.90 Å². The van der Waals surface area contributed by atoms with Gasteiger partial charge < -0.3 is 9.64 Å². The van der Waals surface area contributed by atoms with Crippen molar-refractivity contribution in [3.05, 3.63) is 28.2 Å². The molecule has 0 spiro atoms. The largest absolute Gasteiger partial charge is 0.451 e. The molecule has 10 heteroatoms. The van der Waals surface area contributed by atoms with Crippen LogP contribution in [-0.2, 0) is 25.9 Å². The lowest BCUT2D eigenvalue weighted by Crippen LogP contribution is -2.50. The molecule has 1 amide bonds. The van der Waals surface area contributed by atoms with Gasteiger partial charge in [-0.1, -0.05) is 26.2 Å². The molecular weight excluding hydrogens is 410 g/mol. The Labute approximate surface area is 176 Å². The van der Waals surface area contributed by atoms with Crippen molar-refractivity contribution < 1.29 is 22.7 Å². The average Bonchev–Trinajstić information content (AvgIpc) is 3.08. The lowest BCUT2D eigenvalue weighted by atomic mass is 9.93. The molecule has 1 unspecified atom stereocenters. The Morgan fingerprint density at radius 1 is 1.17 bits per heavy atom. The highest BCUT2D eigenvalue weighted by atomic mass is 32.2. The smallest absolute Gasteiger partial charge is 0.359 e. The van der Waals surface area contributed by atoms with Crippen LogP contribution in [0, 0.1) is 0 Å². The fraction of sp³-hybridized carbons (Fsp3) is 0.700. The molecule has 2 heterocycles. The number of rotatable bonds is 7. The summed E-state index contributed by atoms with van der Waals surface area (Å²) < 4.78 is 30.3. The molecule has 166 valence electrons. The summed E-state index contributed by atoms with van der Waals surface area (Å²) in [6, 6.07) is 2.14.